The van der Waals surface area contributed by atoms with Crippen LogP contribution in [-0.2, 0) is 5.41 Å². The number of hydrogen-bond donors (Lipinski definition) is 2. The molecule has 0 atom stereocenters. The van der Waals surface area contributed by atoms with Crippen molar-refractivity contribution in [1.29, 1.82) is 0 Å². The van der Waals surface area contributed by atoms with Crippen LogP contribution in [0.5, 0.6) is 0 Å². The summed E-state index contributed by atoms with van der Waals surface area (Å²) in [5.74, 6) is 0.537. The van der Waals surface area contributed by atoms with E-state index in [0.717, 1.165) is 11.4 Å². The van der Waals surface area contributed by atoms with Gasteiger partial charge in [0.15, 0.2) is 0 Å². The quantitative estimate of drug-likeness (QED) is 0.800. The number of carbonyl (C=O) groups excluding carboxylic acids is 1. The largest absolute Gasteiger partial charge is 0.354 e. The van der Waals surface area contributed by atoms with Gasteiger partial charge in [-0.15, -0.1) is 11.3 Å². The summed E-state index contributed by atoms with van der Waals surface area (Å²) in [7, 11) is 0. The molecular formula is C15H21N5OS. The maximum absolute atomic E-state index is 12.0. The summed E-state index contributed by atoms with van der Waals surface area (Å²) < 4.78 is 0. The zero-order valence-electron chi connectivity index (χ0n) is 13.1. The Balaban J connectivity index is 1.71. The van der Waals surface area contributed by atoms with Gasteiger partial charge in [-0.25, -0.2) is 15.0 Å². The number of hydrogen-bond acceptors (Lipinski definition) is 6. The van der Waals surface area contributed by atoms with E-state index in [-0.39, 0.29) is 11.3 Å². The van der Waals surface area contributed by atoms with Crippen LogP contribution in [0.4, 0.5) is 5.95 Å². The van der Waals surface area contributed by atoms with Crippen LogP contribution in [0, 0.1) is 0 Å². The van der Waals surface area contributed by atoms with Crippen molar-refractivity contribution >= 4 is 23.2 Å². The second-order valence-electron chi connectivity index (χ2n) is 5.89. The summed E-state index contributed by atoms with van der Waals surface area (Å²) in [6.45, 7) is 7.57. The Morgan fingerprint density at radius 3 is 2.55 bits per heavy atom. The molecule has 1 amide bonds. The van der Waals surface area contributed by atoms with E-state index in [1.807, 2.05) is 0 Å². The van der Waals surface area contributed by atoms with E-state index >= 15 is 0 Å². The van der Waals surface area contributed by atoms with E-state index in [1.165, 1.54) is 11.3 Å². The third kappa shape index (κ3) is 4.77. The summed E-state index contributed by atoms with van der Waals surface area (Å²) in [6.07, 6.45) is 5.83. The Morgan fingerprint density at radius 1 is 1.18 bits per heavy atom. The predicted molar refractivity (Wildman–Crippen MR) is 88.3 cm³/mol. The van der Waals surface area contributed by atoms with Crippen LogP contribution in [-0.4, -0.2) is 33.9 Å². The highest BCUT2D eigenvalue weighted by Gasteiger charge is 2.20. The van der Waals surface area contributed by atoms with Crippen molar-refractivity contribution in [2.24, 2.45) is 0 Å². The maximum atomic E-state index is 12.0. The van der Waals surface area contributed by atoms with Crippen molar-refractivity contribution in [1.82, 2.24) is 20.3 Å². The van der Waals surface area contributed by atoms with E-state index in [1.54, 1.807) is 24.7 Å². The summed E-state index contributed by atoms with van der Waals surface area (Å²) in [4.78, 5) is 25.1. The van der Waals surface area contributed by atoms with E-state index in [4.69, 9.17) is 0 Å². The first-order valence-electron chi connectivity index (χ1n) is 7.22. The van der Waals surface area contributed by atoms with Gasteiger partial charge in [0.05, 0.1) is 11.2 Å². The van der Waals surface area contributed by atoms with Crippen LogP contribution >= 0.6 is 11.3 Å². The lowest BCUT2D eigenvalue weighted by Gasteiger charge is -2.13. The monoisotopic (exact) mass is 319 g/mol. The molecule has 2 aromatic heterocycles. The summed E-state index contributed by atoms with van der Waals surface area (Å²) in [6, 6.07) is 1.77. The molecule has 2 rings (SSSR count). The third-order valence-electron chi connectivity index (χ3n) is 2.86. The zero-order chi connectivity index (χ0) is 16.0. The molecule has 0 saturated heterocycles. The molecule has 0 saturated carbocycles. The van der Waals surface area contributed by atoms with Gasteiger partial charge in [0, 0.05) is 30.9 Å². The molecule has 0 fully saturated rings. The molecule has 6 nitrogen and oxygen atoms in total. The van der Waals surface area contributed by atoms with Gasteiger partial charge in [-0.05, 0) is 12.5 Å². The van der Waals surface area contributed by atoms with Gasteiger partial charge in [0.2, 0.25) is 5.95 Å². The molecule has 0 aromatic carbocycles. The Hall–Kier alpha value is -2.02. The Labute approximate surface area is 134 Å². The zero-order valence-corrected chi connectivity index (χ0v) is 13.9. The Morgan fingerprint density at radius 2 is 1.91 bits per heavy atom. The average Bonchev–Trinajstić information content (AvgIpc) is 2.98. The molecule has 0 aliphatic rings. The highest BCUT2D eigenvalue weighted by atomic mass is 32.1. The molecule has 0 radical (unpaired) electrons. The lowest BCUT2D eigenvalue weighted by Crippen LogP contribution is -2.25. The molecule has 2 N–H and O–H groups in total. The lowest BCUT2D eigenvalue weighted by molar-refractivity contribution is 0.0957. The van der Waals surface area contributed by atoms with E-state index in [0.29, 0.717) is 23.9 Å². The fraction of sp³-hybridized carbons (Fsp3) is 0.467. The number of nitrogens with one attached hydrogen (secondary N) is 2. The first-order valence-corrected chi connectivity index (χ1v) is 8.04. The van der Waals surface area contributed by atoms with Crippen LogP contribution in [0.25, 0.3) is 0 Å². The van der Waals surface area contributed by atoms with Gasteiger partial charge in [-0.2, -0.15) is 0 Å². The number of rotatable bonds is 6. The van der Waals surface area contributed by atoms with Gasteiger partial charge in [0.1, 0.15) is 4.88 Å². The first-order chi connectivity index (χ1) is 10.5. The molecule has 2 aromatic rings. The van der Waals surface area contributed by atoms with Crippen molar-refractivity contribution in [3.8, 4) is 0 Å². The minimum absolute atomic E-state index is 0.0250. The van der Waals surface area contributed by atoms with Gasteiger partial charge >= 0.3 is 0 Å². The molecule has 7 heteroatoms. The molecule has 118 valence electrons. The Bertz CT molecular complexity index is 606. The lowest BCUT2D eigenvalue weighted by atomic mass is 9.98. The van der Waals surface area contributed by atoms with E-state index in [2.05, 4.69) is 46.4 Å². The van der Waals surface area contributed by atoms with Crippen LogP contribution in [0.1, 0.15) is 41.9 Å². The molecule has 22 heavy (non-hydrogen) atoms. The molecule has 0 unspecified atom stereocenters. The fourth-order valence-electron chi connectivity index (χ4n) is 1.69. The van der Waals surface area contributed by atoms with Crippen LogP contribution in [0.15, 0.2) is 24.7 Å². The number of nitrogens with zero attached hydrogens (tertiary/aromatic N) is 3. The smallest absolute Gasteiger partial charge is 0.263 e. The number of carbonyl (C=O) groups is 1. The van der Waals surface area contributed by atoms with Crippen molar-refractivity contribution in [2.75, 3.05) is 18.4 Å². The van der Waals surface area contributed by atoms with Crippen molar-refractivity contribution < 1.29 is 4.79 Å². The minimum atomic E-state index is -0.0658. The van der Waals surface area contributed by atoms with Gasteiger partial charge < -0.3 is 10.6 Å². The van der Waals surface area contributed by atoms with Crippen molar-refractivity contribution in [3.63, 3.8) is 0 Å². The van der Waals surface area contributed by atoms with Gasteiger partial charge in [-0.3, -0.25) is 4.79 Å². The second-order valence-corrected chi connectivity index (χ2v) is 6.92. The van der Waals surface area contributed by atoms with Crippen LogP contribution < -0.4 is 10.6 Å². The first kappa shape index (κ1) is 16.4. The molecule has 0 aliphatic carbocycles. The highest BCUT2D eigenvalue weighted by Crippen LogP contribution is 2.26. The summed E-state index contributed by atoms with van der Waals surface area (Å²) in [5, 5.41) is 6.97. The van der Waals surface area contributed by atoms with Crippen LogP contribution in [0.3, 0.4) is 0 Å². The number of aromatic nitrogens is 3. The molecular weight excluding hydrogens is 298 g/mol. The topological polar surface area (TPSA) is 79.8 Å². The molecule has 0 aliphatic heterocycles. The van der Waals surface area contributed by atoms with Crippen molar-refractivity contribution in [2.45, 2.75) is 32.6 Å². The number of thiazole rings is 1. The SMILES string of the molecule is CC(C)(C)c1ncc(C(=O)NCCCNc2ncccn2)s1. The molecule has 0 spiro atoms. The van der Waals surface area contributed by atoms with E-state index in [9.17, 15) is 4.79 Å². The standard InChI is InChI=1S/C15H21N5OS/c1-15(2,3)13-20-10-11(22-13)12(21)16-6-4-7-17-14-18-8-5-9-19-14/h5,8-10H,4,6-7H2,1-3H3,(H,16,21)(H,17,18,19). The average molecular weight is 319 g/mol. The number of amides is 1. The predicted octanol–water partition coefficient (Wildman–Crippen LogP) is 2.46. The second kappa shape index (κ2) is 7.31. The normalized spacial score (nSPS) is 11.2. The highest BCUT2D eigenvalue weighted by molar-refractivity contribution is 7.13. The molecule has 2 heterocycles. The Kier molecular flexibility index (Phi) is 5.43. The summed E-state index contributed by atoms with van der Waals surface area (Å²) >= 11 is 1.45. The fourth-order valence-corrected chi connectivity index (χ4v) is 2.58. The van der Waals surface area contributed by atoms with Gasteiger partial charge in [0.25, 0.3) is 5.91 Å². The summed E-state index contributed by atoms with van der Waals surface area (Å²) in [5.41, 5.74) is -0.0250. The molecule has 0 bridgehead atoms. The van der Waals surface area contributed by atoms with Crippen molar-refractivity contribution in [3.05, 3.63) is 34.5 Å². The maximum Gasteiger partial charge on any atom is 0.263 e. The number of anilines is 1. The van der Waals surface area contributed by atoms with Gasteiger partial charge in [-0.1, -0.05) is 20.8 Å². The van der Waals surface area contributed by atoms with Crippen LogP contribution in [0.2, 0.25) is 0 Å². The third-order valence-corrected chi connectivity index (χ3v) is 4.28. The van der Waals surface area contributed by atoms with E-state index < -0.39 is 0 Å². The minimum Gasteiger partial charge on any atom is -0.354 e.